The topological polar surface area (TPSA) is 37.3 Å². The highest BCUT2D eigenvalue weighted by Crippen LogP contribution is 2.14. The van der Waals surface area contributed by atoms with Gasteiger partial charge in [-0.3, -0.25) is 0 Å². The Labute approximate surface area is 75.4 Å². The minimum absolute atomic E-state index is 0.312. The molecule has 13 heavy (non-hydrogen) atoms. The average Bonchev–Trinajstić information content (AvgIpc) is 2.17. The van der Waals surface area contributed by atoms with Crippen molar-refractivity contribution in [2.45, 2.75) is 0 Å². The predicted octanol–water partition coefficient (Wildman–Crippen LogP) is 2.34. The van der Waals surface area contributed by atoms with Crippen LogP contribution < -0.4 is 0 Å². The molecule has 0 atom stereocenters. The maximum atomic E-state index is 10.6. The van der Waals surface area contributed by atoms with Gasteiger partial charge >= 0.3 is 5.97 Å². The standard InChI is InChI=1S/C11H7O2/c12-11(13)10-6-5-8-3-1-2-4-9(8)7-10/h1,3-7H,(H,12,13). The summed E-state index contributed by atoms with van der Waals surface area (Å²) in [5, 5.41) is 10.7. The third kappa shape index (κ3) is 1.38. The fourth-order valence-corrected chi connectivity index (χ4v) is 1.26. The summed E-state index contributed by atoms with van der Waals surface area (Å²) in [5.74, 6) is -0.897. The molecule has 0 aliphatic rings. The van der Waals surface area contributed by atoms with Crippen molar-refractivity contribution < 1.29 is 9.90 Å². The van der Waals surface area contributed by atoms with E-state index in [1.54, 1.807) is 24.3 Å². The molecule has 2 aromatic rings. The van der Waals surface area contributed by atoms with Crippen LogP contribution in [-0.2, 0) is 0 Å². The molecule has 2 heteroatoms. The fraction of sp³-hybridized carbons (Fsp3) is 0. The zero-order valence-electron chi connectivity index (χ0n) is 6.82. The summed E-state index contributed by atoms with van der Waals surface area (Å²) in [6, 6.07) is 13.4. The number of rotatable bonds is 1. The van der Waals surface area contributed by atoms with E-state index in [0.29, 0.717) is 5.56 Å². The number of carbonyl (C=O) groups is 1. The van der Waals surface area contributed by atoms with Crippen molar-refractivity contribution in [3.05, 3.63) is 48.0 Å². The molecule has 0 fully saturated rings. The molecule has 0 bridgehead atoms. The molecule has 0 spiro atoms. The SMILES string of the molecule is O=C(O)c1ccc2cc[c]cc2c1. The second kappa shape index (κ2) is 2.90. The summed E-state index contributed by atoms with van der Waals surface area (Å²) in [6.45, 7) is 0. The van der Waals surface area contributed by atoms with Crippen molar-refractivity contribution in [2.24, 2.45) is 0 Å². The average molecular weight is 171 g/mol. The second-order valence-electron chi connectivity index (χ2n) is 2.79. The number of benzene rings is 2. The first-order valence-corrected chi connectivity index (χ1v) is 3.90. The van der Waals surface area contributed by atoms with Crippen molar-refractivity contribution in [1.29, 1.82) is 0 Å². The van der Waals surface area contributed by atoms with Gasteiger partial charge in [0.25, 0.3) is 0 Å². The molecule has 2 nitrogen and oxygen atoms in total. The van der Waals surface area contributed by atoms with E-state index >= 15 is 0 Å². The van der Waals surface area contributed by atoms with Gasteiger partial charge in [-0.1, -0.05) is 18.2 Å². The number of hydrogen-bond donors (Lipinski definition) is 1. The highest BCUT2D eigenvalue weighted by Gasteiger charge is 2.01. The summed E-state index contributed by atoms with van der Waals surface area (Å²) >= 11 is 0. The first-order valence-electron chi connectivity index (χ1n) is 3.90. The van der Waals surface area contributed by atoms with Crippen LogP contribution in [0.3, 0.4) is 0 Å². The van der Waals surface area contributed by atoms with E-state index in [0.717, 1.165) is 10.8 Å². The number of hydrogen-bond acceptors (Lipinski definition) is 1. The van der Waals surface area contributed by atoms with Crippen LogP contribution in [0, 0.1) is 6.07 Å². The van der Waals surface area contributed by atoms with E-state index in [-0.39, 0.29) is 0 Å². The molecular formula is C11H7O2. The Bertz CT molecular complexity index is 460. The summed E-state index contributed by atoms with van der Waals surface area (Å²) in [7, 11) is 0. The first-order chi connectivity index (χ1) is 6.27. The number of carboxylic acid groups (broad SMARTS) is 1. The van der Waals surface area contributed by atoms with Gasteiger partial charge in [0, 0.05) is 0 Å². The maximum absolute atomic E-state index is 10.6. The second-order valence-corrected chi connectivity index (χ2v) is 2.79. The van der Waals surface area contributed by atoms with Crippen LogP contribution in [0.2, 0.25) is 0 Å². The summed E-state index contributed by atoms with van der Waals surface area (Å²) in [6.07, 6.45) is 0. The van der Waals surface area contributed by atoms with Crippen molar-refractivity contribution in [2.75, 3.05) is 0 Å². The lowest BCUT2D eigenvalue weighted by atomic mass is 10.1. The number of aromatic carboxylic acids is 1. The Morgan fingerprint density at radius 1 is 1.23 bits per heavy atom. The summed E-state index contributed by atoms with van der Waals surface area (Å²) in [4.78, 5) is 10.6. The molecule has 0 saturated carbocycles. The van der Waals surface area contributed by atoms with Gasteiger partial charge in [-0.05, 0) is 35.0 Å². The Hall–Kier alpha value is -1.83. The van der Waals surface area contributed by atoms with Crippen LogP contribution in [0.5, 0.6) is 0 Å². The molecule has 1 radical (unpaired) electrons. The zero-order chi connectivity index (χ0) is 9.26. The molecule has 0 saturated heterocycles. The van der Waals surface area contributed by atoms with Crippen molar-refractivity contribution in [1.82, 2.24) is 0 Å². The Morgan fingerprint density at radius 3 is 2.85 bits per heavy atom. The van der Waals surface area contributed by atoms with Gasteiger partial charge in [-0.25, -0.2) is 4.79 Å². The fourth-order valence-electron chi connectivity index (χ4n) is 1.26. The van der Waals surface area contributed by atoms with E-state index in [9.17, 15) is 4.79 Å². The van der Waals surface area contributed by atoms with Gasteiger partial charge < -0.3 is 5.11 Å². The van der Waals surface area contributed by atoms with Crippen molar-refractivity contribution >= 4 is 16.7 Å². The van der Waals surface area contributed by atoms with E-state index in [1.165, 1.54) is 0 Å². The molecule has 1 N–H and O–H groups in total. The van der Waals surface area contributed by atoms with Crippen LogP contribution in [0.1, 0.15) is 10.4 Å². The lowest BCUT2D eigenvalue weighted by Crippen LogP contribution is -1.94. The maximum Gasteiger partial charge on any atom is 0.335 e. The Morgan fingerprint density at radius 2 is 2.08 bits per heavy atom. The predicted molar refractivity (Wildman–Crippen MR) is 49.7 cm³/mol. The van der Waals surface area contributed by atoms with Gasteiger partial charge in [-0.15, -0.1) is 0 Å². The minimum atomic E-state index is -0.897. The quantitative estimate of drug-likeness (QED) is 0.715. The van der Waals surface area contributed by atoms with E-state index < -0.39 is 5.97 Å². The van der Waals surface area contributed by atoms with Gasteiger partial charge in [-0.2, -0.15) is 0 Å². The molecular weight excluding hydrogens is 164 g/mol. The van der Waals surface area contributed by atoms with Gasteiger partial charge in [0.2, 0.25) is 0 Å². The molecule has 0 unspecified atom stereocenters. The normalized spacial score (nSPS) is 10.2. The van der Waals surface area contributed by atoms with E-state index in [2.05, 4.69) is 6.07 Å². The van der Waals surface area contributed by atoms with Crippen LogP contribution in [-0.4, -0.2) is 11.1 Å². The molecule has 2 rings (SSSR count). The monoisotopic (exact) mass is 171 g/mol. The van der Waals surface area contributed by atoms with Crippen LogP contribution in [0.15, 0.2) is 36.4 Å². The van der Waals surface area contributed by atoms with Gasteiger partial charge in [0.05, 0.1) is 5.56 Å². The lowest BCUT2D eigenvalue weighted by molar-refractivity contribution is 0.0697. The third-order valence-corrected chi connectivity index (χ3v) is 1.93. The molecule has 0 heterocycles. The van der Waals surface area contributed by atoms with Crippen molar-refractivity contribution in [3.63, 3.8) is 0 Å². The molecule has 2 aromatic carbocycles. The molecule has 0 aliphatic carbocycles. The smallest absolute Gasteiger partial charge is 0.335 e. The molecule has 0 aliphatic heterocycles. The van der Waals surface area contributed by atoms with Crippen LogP contribution in [0.25, 0.3) is 10.8 Å². The highest BCUT2D eigenvalue weighted by atomic mass is 16.4. The van der Waals surface area contributed by atoms with E-state index in [4.69, 9.17) is 5.11 Å². The number of fused-ring (bicyclic) bond motifs is 1. The number of carboxylic acids is 1. The lowest BCUT2D eigenvalue weighted by Gasteiger charge is -1.97. The van der Waals surface area contributed by atoms with Gasteiger partial charge in [0.15, 0.2) is 0 Å². The Balaban J connectivity index is 2.69. The van der Waals surface area contributed by atoms with Crippen LogP contribution in [0.4, 0.5) is 0 Å². The van der Waals surface area contributed by atoms with E-state index in [1.807, 2.05) is 12.1 Å². The largest absolute Gasteiger partial charge is 0.478 e. The molecule has 63 valence electrons. The molecule has 0 aromatic heterocycles. The summed E-state index contributed by atoms with van der Waals surface area (Å²) in [5.41, 5.74) is 0.312. The molecule has 0 amide bonds. The van der Waals surface area contributed by atoms with Crippen LogP contribution >= 0.6 is 0 Å². The zero-order valence-corrected chi connectivity index (χ0v) is 6.82. The summed E-state index contributed by atoms with van der Waals surface area (Å²) < 4.78 is 0. The van der Waals surface area contributed by atoms with Crippen molar-refractivity contribution in [3.8, 4) is 0 Å². The highest BCUT2D eigenvalue weighted by molar-refractivity contribution is 5.94. The first kappa shape index (κ1) is 7.80. The third-order valence-electron chi connectivity index (χ3n) is 1.93. The van der Waals surface area contributed by atoms with Gasteiger partial charge in [0.1, 0.15) is 0 Å². The Kier molecular flexibility index (Phi) is 1.74. The minimum Gasteiger partial charge on any atom is -0.478 e.